The fraction of sp³-hybridized carbons (Fsp3) is 0.417. The van der Waals surface area contributed by atoms with Gasteiger partial charge < -0.3 is 5.73 Å². The molecule has 0 radical (unpaired) electrons. The van der Waals surface area contributed by atoms with Gasteiger partial charge in [0.1, 0.15) is 5.83 Å². The van der Waals surface area contributed by atoms with Crippen molar-refractivity contribution < 1.29 is 9.18 Å². The second kappa shape index (κ2) is 3.42. The Balaban J connectivity index is 2.50. The van der Waals surface area contributed by atoms with Gasteiger partial charge in [-0.05, 0) is 43.6 Å². The average Bonchev–Trinajstić information content (AvgIpc) is 2.20. The number of nitrogens with two attached hydrogens (primary N) is 1. The van der Waals surface area contributed by atoms with E-state index in [0.717, 1.165) is 18.4 Å². The molecule has 2 aliphatic rings. The first-order valence-electron chi connectivity index (χ1n) is 5.12. The normalized spacial score (nSPS) is 31.1. The zero-order chi connectivity index (χ0) is 11.1. The van der Waals surface area contributed by atoms with E-state index in [1.165, 1.54) is 12.2 Å². The molecule has 15 heavy (non-hydrogen) atoms. The third kappa shape index (κ3) is 2.07. The summed E-state index contributed by atoms with van der Waals surface area (Å²) in [5.41, 5.74) is 6.38. The summed E-state index contributed by atoms with van der Waals surface area (Å²) in [6.07, 6.45) is 6.55. The van der Waals surface area contributed by atoms with Crippen molar-refractivity contribution in [2.24, 2.45) is 5.73 Å². The molecule has 0 spiro atoms. The highest BCUT2D eigenvalue weighted by Crippen LogP contribution is 2.31. The minimum absolute atomic E-state index is 0.0762. The molecule has 0 aromatic carbocycles. The SMILES string of the molecule is CC1(N)C=C(F)C=C2CCCC(=O)C2=C1. The molecule has 1 atom stereocenters. The molecule has 3 heteroatoms. The van der Waals surface area contributed by atoms with Gasteiger partial charge in [-0.2, -0.15) is 0 Å². The predicted molar refractivity (Wildman–Crippen MR) is 56.8 cm³/mol. The lowest BCUT2D eigenvalue weighted by Gasteiger charge is -2.19. The number of hydrogen-bond donors (Lipinski definition) is 1. The summed E-state index contributed by atoms with van der Waals surface area (Å²) in [5.74, 6) is -0.275. The van der Waals surface area contributed by atoms with E-state index >= 15 is 0 Å². The standard InChI is InChI=1S/C12H14FNO/c1-12(14)6-9(13)5-8-3-2-4-11(15)10(8)7-12/h5-7H,2-4,14H2,1H3. The number of Topliss-reactive ketones (excluding diaryl/α,β-unsaturated/α-hetero) is 1. The van der Waals surface area contributed by atoms with Crippen LogP contribution < -0.4 is 5.73 Å². The molecule has 0 heterocycles. The molecule has 0 aromatic heterocycles. The van der Waals surface area contributed by atoms with Crippen LogP contribution in [0.4, 0.5) is 4.39 Å². The Hall–Kier alpha value is -1.22. The third-order valence-corrected chi connectivity index (χ3v) is 2.71. The van der Waals surface area contributed by atoms with Crippen LogP contribution in [0.15, 0.2) is 35.2 Å². The highest BCUT2D eigenvalue weighted by molar-refractivity contribution is 6.01. The lowest BCUT2D eigenvalue weighted by Crippen LogP contribution is -2.32. The zero-order valence-electron chi connectivity index (χ0n) is 8.72. The molecule has 1 unspecified atom stereocenters. The van der Waals surface area contributed by atoms with Crippen molar-refractivity contribution in [1.82, 2.24) is 0 Å². The Labute approximate surface area is 88.3 Å². The molecule has 1 fully saturated rings. The van der Waals surface area contributed by atoms with Crippen molar-refractivity contribution >= 4 is 5.78 Å². The van der Waals surface area contributed by atoms with Crippen LogP contribution in [-0.4, -0.2) is 11.3 Å². The Bertz CT molecular complexity index is 402. The molecule has 0 aromatic rings. The van der Waals surface area contributed by atoms with Crippen LogP contribution in [0, 0.1) is 0 Å². The van der Waals surface area contributed by atoms with Gasteiger partial charge >= 0.3 is 0 Å². The zero-order valence-corrected chi connectivity index (χ0v) is 8.72. The van der Waals surface area contributed by atoms with E-state index in [-0.39, 0.29) is 11.6 Å². The summed E-state index contributed by atoms with van der Waals surface area (Å²) in [5, 5.41) is 0. The minimum Gasteiger partial charge on any atom is -0.319 e. The van der Waals surface area contributed by atoms with Gasteiger partial charge in [-0.3, -0.25) is 4.79 Å². The predicted octanol–water partition coefficient (Wildman–Crippen LogP) is 2.18. The number of carbonyl (C=O) groups is 1. The third-order valence-electron chi connectivity index (χ3n) is 2.71. The summed E-state index contributed by atoms with van der Waals surface area (Å²) >= 11 is 0. The topological polar surface area (TPSA) is 43.1 Å². The van der Waals surface area contributed by atoms with Gasteiger partial charge in [0.25, 0.3) is 0 Å². The van der Waals surface area contributed by atoms with Gasteiger partial charge in [0.05, 0.1) is 5.54 Å². The van der Waals surface area contributed by atoms with Crippen molar-refractivity contribution in [2.75, 3.05) is 0 Å². The van der Waals surface area contributed by atoms with Gasteiger partial charge in [0.15, 0.2) is 5.78 Å². The maximum absolute atomic E-state index is 13.4. The lowest BCUT2D eigenvalue weighted by atomic mass is 9.86. The van der Waals surface area contributed by atoms with E-state index in [4.69, 9.17) is 5.73 Å². The number of allylic oxidation sites excluding steroid dienone is 4. The number of halogens is 1. The second-order valence-corrected chi connectivity index (χ2v) is 4.40. The Morgan fingerprint density at radius 2 is 2.13 bits per heavy atom. The van der Waals surface area contributed by atoms with Gasteiger partial charge in [-0.1, -0.05) is 0 Å². The molecule has 1 saturated carbocycles. The summed E-state index contributed by atoms with van der Waals surface area (Å²) in [4.78, 5) is 11.7. The number of carbonyl (C=O) groups excluding carboxylic acids is 1. The van der Waals surface area contributed by atoms with Crippen molar-refractivity contribution in [3.05, 3.63) is 35.2 Å². The van der Waals surface area contributed by atoms with E-state index in [9.17, 15) is 9.18 Å². The number of rotatable bonds is 0. The van der Waals surface area contributed by atoms with E-state index in [1.807, 2.05) is 0 Å². The molecule has 2 rings (SSSR count). The van der Waals surface area contributed by atoms with E-state index in [2.05, 4.69) is 0 Å². The maximum Gasteiger partial charge on any atom is 0.162 e. The summed E-state index contributed by atoms with van der Waals surface area (Å²) < 4.78 is 13.4. The van der Waals surface area contributed by atoms with Crippen LogP contribution in [0.3, 0.4) is 0 Å². The first-order chi connectivity index (χ1) is 6.98. The van der Waals surface area contributed by atoms with E-state index in [1.54, 1.807) is 13.0 Å². The molecular formula is C12H14FNO. The highest BCUT2D eigenvalue weighted by Gasteiger charge is 2.26. The fourth-order valence-corrected chi connectivity index (χ4v) is 2.07. The van der Waals surface area contributed by atoms with Gasteiger partial charge in [-0.25, -0.2) is 4.39 Å². The van der Waals surface area contributed by atoms with Crippen molar-refractivity contribution in [1.29, 1.82) is 0 Å². The molecular weight excluding hydrogens is 193 g/mol. The van der Waals surface area contributed by atoms with Crippen LogP contribution in [0.1, 0.15) is 26.2 Å². The quantitative estimate of drug-likeness (QED) is 0.661. The molecule has 0 bridgehead atoms. The second-order valence-electron chi connectivity index (χ2n) is 4.40. The Kier molecular flexibility index (Phi) is 2.35. The van der Waals surface area contributed by atoms with Crippen LogP contribution in [0.2, 0.25) is 0 Å². The van der Waals surface area contributed by atoms with E-state index < -0.39 is 5.54 Å². The van der Waals surface area contributed by atoms with Gasteiger partial charge in [0, 0.05) is 12.0 Å². The van der Waals surface area contributed by atoms with Crippen molar-refractivity contribution in [2.45, 2.75) is 31.7 Å². The lowest BCUT2D eigenvalue weighted by molar-refractivity contribution is -0.115. The molecule has 2 aliphatic carbocycles. The Morgan fingerprint density at radius 3 is 2.87 bits per heavy atom. The summed E-state index contributed by atoms with van der Waals surface area (Å²) in [6.45, 7) is 1.69. The van der Waals surface area contributed by atoms with Gasteiger partial charge in [-0.15, -0.1) is 0 Å². The van der Waals surface area contributed by atoms with Gasteiger partial charge in [0.2, 0.25) is 0 Å². The minimum atomic E-state index is -0.870. The summed E-state index contributed by atoms with van der Waals surface area (Å²) in [6, 6.07) is 0. The molecule has 80 valence electrons. The maximum atomic E-state index is 13.4. The van der Waals surface area contributed by atoms with E-state index in [0.29, 0.717) is 12.0 Å². The molecule has 2 N–H and O–H groups in total. The van der Waals surface area contributed by atoms with Crippen molar-refractivity contribution in [3.8, 4) is 0 Å². The van der Waals surface area contributed by atoms with Crippen LogP contribution >= 0.6 is 0 Å². The average molecular weight is 207 g/mol. The highest BCUT2D eigenvalue weighted by atomic mass is 19.1. The monoisotopic (exact) mass is 207 g/mol. The number of fused-ring (bicyclic) bond motifs is 1. The molecule has 0 amide bonds. The first-order valence-corrected chi connectivity index (χ1v) is 5.12. The Morgan fingerprint density at radius 1 is 1.40 bits per heavy atom. The number of ketones is 1. The fourth-order valence-electron chi connectivity index (χ4n) is 2.07. The largest absolute Gasteiger partial charge is 0.319 e. The molecule has 0 saturated heterocycles. The first kappa shape index (κ1) is 10.3. The van der Waals surface area contributed by atoms with Crippen molar-refractivity contribution in [3.63, 3.8) is 0 Å². The summed E-state index contributed by atoms with van der Waals surface area (Å²) in [7, 11) is 0. The van der Waals surface area contributed by atoms with Crippen LogP contribution in [0.25, 0.3) is 0 Å². The number of hydrogen-bond acceptors (Lipinski definition) is 2. The molecule has 0 aliphatic heterocycles. The smallest absolute Gasteiger partial charge is 0.162 e. The molecule has 2 nitrogen and oxygen atoms in total. The van der Waals surface area contributed by atoms with Crippen LogP contribution in [0.5, 0.6) is 0 Å². The van der Waals surface area contributed by atoms with Crippen LogP contribution in [-0.2, 0) is 4.79 Å².